The SMILES string of the molecule is COC(=O)CN1N=C(c2ccncc2)C[C@@H]1Cc1ccc(F)cc1. The van der Waals surface area contributed by atoms with E-state index in [2.05, 4.69) is 10.1 Å². The van der Waals surface area contributed by atoms with E-state index < -0.39 is 0 Å². The van der Waals surface area contributed by atoms with Gasteiger partial charge in [-0.2, -0.15) is 5.10 Å². The van der Waals surface area contributed by atoms with Crippen molar-refractivity contribution in [3.63, 3.8) is 0 Å². The molecule has 0 fully saturated rings. The van der Waals surface area contributed by atoms with Crippen LogP contribution < -0.4 is 0 Å². The van der Waals surface area contributed by atoms with E-state index in [1.165, 1.54) is 19.2 Å². The van der Waals surface area contributed by atoms with Crippen LogP contribution in [0.2, 0.25) is 0 Å². The molecule has 1 atom stereocenters. The molecule has 24 heavy (non-hydrogen) atoms. The molecular weight excluding hydrogens is 309 g/mol. The minimum absolute atomic E-state index is 0.0257. The fraction of sp³-hybridized carbons (Fsp3) is 0.278. The molecule has 1 aliphatic heterocycles. The minimum Gasteiger partial charge on any atom is -0.468 e. The zero-order valence-electron chi connectivity index (χ0n) is 13.4. The van der Waals surface area contributed by atoms with Gasteiger partial charge < -0.3 is 4.74 Å². The lowest BCUT2D eigenvalue weighted by molar-refractivity contribution is -0.142. The molecule has 2 aromatic rings. The van der Waals surface area contributed by atoms with E-state index in [9.17, 15) is 9.18 Å². The standard InChI is InChI=1S/C18H18FN3O2/c1-24-18(23)12-22-16(10-13-2-4-15(19)5-3-13)11-17(21-22)14-6-8-20-9-7-14/h2-9,16H,10-12H2,1H3/t16-/m0/s1. The maximum atomic E-state index is 13.1. The Hall–Kier alpha value is -2.76. The third-order valence-electron chi connectivity index (χ3n) is 4.02. The molecule has 3 rings (SSSR count). The van der Waals surface area contributed by atoms with Crippen molar-refractivity contribution in [1.82, 2.24) is 9.99 Å². The van der Waals surface area contributed by atoms with Gasteiger partial charge in [0.15, 0.2) is 0 Å². The summed E-state index contributed by atoms with van der Waals surface area (Å²) < 4.78 is 17.8. The molecule has 0 saturated heterocycles. The van der Waals surface area contributed by atoms with E-state index in [0.29, 0.717) is 12.8 Å². The summed E-state index contributed by atoms with van der Waals surface area (Å²) in [6, 6.07) is 10.2. The highest BCUT2D eigenvalue weighted by molar-refractivity contribution is 6.01. The van der Waals surface area contributed by atoms with Gasteiger partial charge >= 0.3 is 5.97 Å². The number of methoxy groups -OCH3 is 1. The number of carbonyl (C=O) groups excluding carboxylic acids is 1. The highest BCUT2D eigenvalue weighted by Crippen LogP contribution is 2.23. The summed E-state index contributed by atoms with van der Waals surface area (Å²) in [7, 11) is 1.36. The topological polar surface area (TPSA) is 54.8 Å². The maximum Gasteiger partial charge on any atom is 0.327 e. The zero-order chi connectivity index (χ0) is 16.9. The van der Waals surface area contributed by atoms with Gasteiger partial charge in [-0.25, -0.2) is 4.39 Å². The van der Waals surface area contributed by atoms with Gasteiger partial charge in [0.1, 0.15) is 12.4 Å². The van der Waals surface area contributed by atoms with Crippen LogP contribution in [0.4, 0.5) is 4.39 Å². The lowest BCUT2D eigenvalue weighted by Crippen LogP contribution is -2.33. The molecule has 0 N–H and O–H groups in total. The minimum atomic E-state index is -0.334. The van der Waals surface area contributed by atoms with Crippen molar-refractivity contribution >= 4 is 11.7 Å². The summed E-state index contributed by atoms with van der Waals surface area (Å²) in [6.07, 6.45) is 4.82. The average molecular weight is 327 g/mol. The Morgan fingerprint density at radius 3 is 2.62 bits per heavy atom. The van der Waals surface area contributed by atoms with Gasteiger partial charge in [-0.1, -0.05) is 12.1 Å². The number of ether oxygens (including phenoxy) is 1. The molecule has 0 unspecified atom stereocenters. The Morgan fingerprint density at radius 1 is 1.25 bits per heavy atom. The molecule has 1 aliphatic rings. The Balaban J connectivity index is 1.79. The molecule has 1 aromatic carbocycles. The van der Waals surface area contributed by atoms with E-state index in [1.807, 2.05) is 12.1 Å². The second-order valence-corrected chi connectivity index (χ2v) is 5.64. The maximum absolute atomic E-state index is 13.1. The Labute approximate surface area is 139 Å². The van der Waals surface area contributed by atoms with Crippen molar-refractivity contribution in [2.45, 2.75) is 18.9 Å². The molecule has 0 amide bonds. The zero-order valence-corrected chi connectivity index (χ0v) is 13.4. The molecule has 0 saturated carbocycles. The fourth-order valence-electron chi connectivity index (χ4n) is 2.76. The van der Waals surface area contributed by atoms with Crippen LogP contribution in [0, 0.1) is 5.82 Å². The molecule has 0 radical (unpaired) electrons. The summed E-state index contributed by atoms with van der Waals surface area (Å²) >= 11 is 0. The molecule has 0 aliphatic carbocycles. The lowest BCUT2D eigenvalue weighted by atomic mass is 9.99. The van der Waals surface area contributed by atoms with Crippen LogP contribution in [0.15, 0.2) is 53.9 Å². The number of nitrogens with zero attached hydrogens (tertiary/aromatic N) is 3. The first-order valence-electron chi connectivity index (χ1n) is 7.71. The largest absolute Gasteiger partial charge is 0.468 e. The van der Waals surface area contributed by atoms with Crippen LogP contribution in [0.3, 0.4) is 0 Å². The number of hydrogen-bond acceptors (Lipinski definition) is 5. The first-order valence-corrected chi connectivity index (χ1v) is 7.71. The highest BCUT2D eigenvalue weighted by atomic mass is 19.1. The number of hydrogen-bond donors (Lipinski definition) is 0. The number of esters is 1. The number of benzene rings is 1. The van der Waals surface area contributed by atoms with Crippen molar-refractivity contribution in [2.24, 2.45) is 5.10 Å². The van der Waals surface area contributed by atoms with Gasteiger partial charge in [0.2, 0.25) is 0 Å². The molecule has 5 nitrogen and oxygen atoms in total. The smallest absolute Gasteiger partial charge is 0.327 e. The molecule has 2 heterocycles. The van der Waals surface area contributed by atoms with Gasteiger partial charge in [0.05, 0.1) is 18.9 Å². The summed E-state index contributed by atoms with van der Waals surface area (Å²) in [5, 5.41) is 6.34. The van der Waals surface area contributed by atoms with Gasteiger partial charge in [-0.3, -0.25) is 14.8 Å². The Kier molecular flexibility index (Phi) is 4.84. The normalized spacial score (nSPS) is 16.8. The summed E-state index contributed by atoms with van der Waals surface area (Å²) in [6.45, 7) is 0.0942. The number of aromatic nitrogens is 1. The van der Waals surface area contributed by atoms with Crippen molar-refractivity contribution in [2.75, 3.05) is 13.7 Å². The second-order valence-electron chi connectivity index (χ2n) is 5.64. The third kappa shape index (κ3) is 3.76. The van der Waals surface area contributed by atoms with Gasteiger partial charge in [-0.05, 0) is 36.2 Å². The van der Waals surface area contributed by atoms with E-state index in [0.717, 1.165) is 16.8 Å². The third-order valence-corrected chi connectivity index (χ3v) is 4.02. The number of halogens is 1. The number of carbonyl (C=O) groups is 1. The molecule has 0 bridgehead atoms. The van der Waals surface area contributed by atoms with E-state index in [4.69, 9.17) is 4.74 Å². The van der Waals surface area contributed by atoms with Crippen molar-refractivity contribution in [1.29, 1.82) is 0 Å². The Bertz CT molecular complexity index is 732. The number of hydrazone groups is 1. The predicted octanol–water partition coefficient (Wildman–Crippen LogP) is 2.41. The van der Waals surface area contributed by atoms with Gasteiger partial charge in [0.25, 0.3) is 0 Å². The molecule has 0 spiro atoms. The van der Waals surface area contributed by atoms with Crippen LogP contribution >= 0.6 is 0 Å². The number of rotatable bonds is 5. The molecule has 1 aromatic heterocycles. The monoisotopic (exact) mass is 327 g/mol. The van der Waals surface area contributed by atoms with Crippen LogP contribution in [-0.4, -0.2) is 41.4 Å². The van der Waals surface area contributed by atoms with Crippen LogP contribution in [0.25, 0.3) is 0 Å². The summed E-state index contributed by atoms with van der Waals surface area (Å²) in [4.78, 5) is 15.7. The van der Waals surface area contributed by atoms with Crippen molar-refractivity contribution in [3.8, 4) is 0 Å². The molecule has 6 heteroatoms. The average Bonchev–Trinajstić information content (AvgIpc) is 3.00. The van der Waals surface area contributed by atoms with Crippen LogP contribution in [0.1, 0.15) is 17.5 Å². The lowest BCUT2D eigenvalue weighted by Gasteiger charge is -2.22. The molecule has 124 valence electrons. The first-order chi connectivity index (χ1) is 11.7. The first kappa shape index (κ1) is 16.1. The van der Waals surface area contributed by atoms with Crippen molar-refractivity contribution < 1.29 is 13.9 Å². The summed E-state index contributed by atoms with van der Waals surface area (Å²) in [5.74, 6) is -0.593. The Morgan fingerprint density at radius 2 is 1.96 bits per heavy atom. The number of pyridine rings is 1. The van der Waals surface area contributed by atoms with E-state index in [-0.39, 0.29) is 24.4 Å². The predicted molar refractivity (Wildman–Crippen MR) is 88.0 cm³/mol. The van der Waals surface area contributed by atoms with Gasteiger partial charge in [0, 0.05) is 24.4 Å². The van der Waals surface area contributed by atoms with E-state index in [1.54, 1.807) is 29.5 Å². The van der Waals surface area contributed by atoms with Crippen molar-refractivity contribution in [3.05, 3.63) is 65.7 Å². The summed E-state index contributed by atoms with van der Waals surface area (Å²) in [5.41, 5.74) is 2.90. The van der Waals surface area contributed by atoms with Gasteiger partial charge in [-0.15, -0.1) is 0 Å². The quantitative estimate of drug-likeness (QED) is 0.792. The molecular formula is C18H18FN3O2. The highest BCUT2D eigenvalue weighted by Gasteiger charge is 2.29. The fourth-order valence-corrected chi connectivity index (χ4v) is 2.76. The van der Waals surface area contributed by atoms with Crippen LogP contribution in [-0.2, 0) is 16.0 Å². The second kappa shape index (κ2) is 7.21. The van der Waals surface area contributed by atoms with E-state index >= 15 is 0 Å². The van der Waals surface area contributed by atoms with Crippen LogP contribution in [0.5, 0.6) is 0 Å².